The number of carbonyl (C=O) groups is 2. The van der Waals surface area contributed by atoms with E-state index in [0.29, 0.717) is 0 Å². The maximum atomic E-state index is 11.8. The molecule has 1 aromatic rings. The van der Waals surface area contributed by atoms with Crippen molar-refractivity contribution in [2.45, 2.75) is 4.90 Å². The second-order valence-corrected chi connectivity index (χ2v) is 5.57. The van der Waals surface area contributed by atoms with E-state index in [1.807, 2.05) is 10.0 Å². The molecule has 0 unspecified atom stereocenters. The molecule has 0 spiro atoms. The maximum absolute atomic E-state index is 11.8. The topological polar surface area (TPSA) is 113 Å². The van der Waals surface area contributed by atoms with E-state index >= 15 is 0 Å². The van der Waals surface area contributed by atoms with E-state index in [0.717, 1.165) is 0 Å². The molecule has 0 saturated carbocycles. The lowest BCUT2D eigenvalue weighted by atomic mass is 10.4. The monoisotopic (exact) mass is 306 g/mol. The van der Waals surface area contributed by atoms with E-state index in [1.54, 1.807) is 6.07 Å². The first-order valence-corrected chi connectivity index (χ1v) is 6.92. The summed E-state index contributed by atoms with van der Waals surface area (Å²) < 4.78 is 25.6. The summed E-state index contributed by atoms with van der Waals surface area (Å²) in [6.07, 6.45) is 0. The summed E-state index contributed by atoms with van der Waals surface area (Å²) in [5, 5.41) is 10.4. The number of sulfonamides is 1. The van der Waals surface area contributed by atoms with Gasteiger partial charge < -0.3 is 10.4 Å². The lowest BCUT2D eigenvalue weighted by Gasteiger charge is -2.07. The molecule has 0 heterocycles. The number of rotatable bonds is 6. The van der Waals surface area contributed by atoms with Gasteiger partial charge in [-0.05, 0) is 12.1 Å². The Morgan fingerprint density at radius 3 is 2.42 bits per heavy atom. The van der Waals surface area contributed by atoms with Crippen molar-refractivity contribution in [3.63, 3.8) is 0 Å². The highest BCUT2D eigenvalue weighted by molar-refractivity contribution is 7.89. The molecular formula is C10H11ClN2O5S. The SMILES string of the molecule is O=C(O)CNC(=O)CNS(=O)(=O)c1ccccc1Cl. The largest absolute Gasteiger partial charge is 0.480 e. The first-order valence-electron chi connectivity index (χ1n) is 5.05. The minimum absolute atomic E-state index is 0.0287. The molecule has 0 aromatic heterocycles. The van der Waals surface area contributed by atoms with Crippen LogP contribution in [0.3, 0.4) is 0 Å². The number of halogens is 1. The molecule has 0 atom stereocenters. The molecule has 0 aliphatic rings. The standard InChI is InChI=1S/C10H11ClN2O5S/c11-7-3-1-2-4-8(7)19(17,18)13-5-9(14)12-6-10(15)16/h1-4,13H,5-6H2,(H,12,14)(H,15,16). The molecule has 19 heavy (non-hydrogen) atoms. The molecule has 0 saturated heterocycles. The van der Waals surface area contributed by atoms with Crippen molar-refractivity contribution < 1.29 is 23.1 Å². The number of amides is 1. The number of nitrogens with one attached hydrogen (secondary N) is 2. The van der Waals surface area contributed by atoms with Gasteiger partial charge in [0.1, 0.15) is 11.4 Å². The Kier molecular flexibility index (Phi) is 5.28. The van der Waals surface area contributed by atoms with Crippen LogP contribution in [0.1, 0.15) is 0 Å². The van der Waals surface area contributed by atoms with Gasteiger partial charge in [-0.15, -0.1) is 0 Å². The highest BCUT2D eigenvalue weighted by Gasteiger charge is 2.18. The third-order valence-corrected chi connectivity index (χ3v) is 3.89. The number of hydrogen-bond acceptors (Lipinski definition) is 4. The van der Waals surface area contributed by atoms with E-state index in [2.05, 4.69) is 0 Å². The summed E-state index contributed by atoms with van der Waals surface area (Å²) in [6, 6.07) is 5.76. The quantitative estimate of drug-likeness (QED) is 0.675. The summed E-state index contributed by atoms with van der Waals surface area (Å²) in [6.45, 7) is -1.15. The zero-order valence-corrected chi connectivity index (χ0v) is 11.2. The predicted octanol–water partition coefficient (Wildman–Crippen LogP) is -0.181. The van der Waals surface area contributed by atoms with Crippen LogP contribution in [0.15, 0.2) is 29.2 Å². The van der Waals surface area contributed by atoms with Crippen LogP contribution < -0.4 is 10.0 Å². The molecule has 3 N–H and O–H groups in total. The van der Waals surface area contributed by atoms with Gasteiger partial charge in [-0.1, -0.05) is 23.7 Å². The molecular weight excluding hydrogens is 296 g/mol. The first-order chi connectivity index (χ1) is 8.83. The van der Waals surface area contributed by atoms with Gasteiger partial charge >= 0.3 is 5.97 Å². The van der Waals surface area contributed by atoms with Gasteiger partial charge in [-0.3, -0.25) is 9.59 Å². The number of aliphatic carboxylic acids is 1. The average molecular weight is 307 g/mol. The van der Waals surface area contributed by atoms with Crippen LogP contribution in [0.4, 0.5) is 0 Å². The maximum Gasteiger partial charge on any atom is 0.322 e. The smallest absolute Gasteiger partial charge is 0.322 e. The molecule has 1 rings (SSSR count). The summed E-state index contributed by atoms with van der Waals surface area (Å²) in [5.41, 5.74) is 0. The van der Waals surface area contributed by atoms with Gasteiger partial charge in [0.2, 0.25) is 15.9 Å². The summed E-state index contributed by atoms with van der Waals surface area (Å²) in [4.78, 5) is 21.2. The van der Waals surface area contributed by atoms with Crippen molar-refractivity contribution in [3.8, 4) is 0 Å². The van der Waals surface area contributed by atoms with E-state index in [9.17, 15) is 18.0 Å². The van der Waals surface area contributed by atoms with Crippen molar-refractivity contribution in [3.05, 3.63) is 29.3 Å². The lowest BCUT2D eigenvalue weighted by Crippen LogP contribution is -2.39. The van der Waals surface area contributed by atoms with E-state index in [1.165, 1.54) is 18.2 Å². The van der Waals surface area contributed by atoms with Gasteiger partial charge in [0, 0.05) is 0 Å². The molecule has 1 aromatic carbocycles. The van der Waals surface area contributed by atoms with Crippen LogP contribution in [-0.4, -0.2) is 38.5 Å². The summed E-state index contributed by atoms with van der Waals surface area (Å²) in [7, 11) is -3.91. The molecule has 9 heteroatoms. The summed E-state index contributed by atoms with van der Waals surface area (Å²) >= 11 is 5.73. The minimum Gasteiger partial charge on any atom is -0.480 e. The van der Waals surface area contributed by atoms with Crippen molar-refractivity contribution in [2.24, 2.45) is 0 Å². The van der Waals surface area contributed by atoms with Crippen LogP contribution >= 0.6 is 11.6 Å². The van der Waals surface area contributed by atoms with Gasteiger partial charge in [0.05, 0.1) is 11.6 Å². The lowest BCUT2D eigenvalue weighted by molar-refractivity contribution is -0.137. The molecule has 0 radical (unpaired) electrons. The highest BCUT2D eigenvalue weighted by atomic mass is 35.5. The fraction of sp³-hybridized carbons (Fsp3) is 0.200. The van der Waals surface area contributed by atoms with E-state index < -0.39 is 35.0 Å². The van der Waals surface area contributed by atoms with Crippen LogP contribution in [0, 0.1) is 0 Å². The molecule has 0 fully saturated rings. The van der Waals surface area contributed by atoms with E-state index in [-0.39, 0.29) is 9.92 Å². The molecule has 0 bridgehead atoms. The fourth-order valence-corrected chi connectivity index (χ4v) is 2.64. The zero-order chi connectivity index (χ0) is 14.5. The Morgan fingerprint density at radius 2 is 1.84 bits per heavy atom. The Hall–Kier alpha value is -1.64. The molecule has 1 amide bonds. The Morgan fingerprint density at radius 1 is 1.21 bits per heavy atom. The molecule has 104 valence electrons. The number of hydrogen-bond donors (Lipinski definition) is 3. The van der Waals surface area contributed by atoms with Crippen molar-refractivity contribution in [2.75, 3.05) is 13.1 Å². The van der Waals surface area contributed by atoms with Crippen LogP contribution in [0.2, 0.25) is 5.02 Å². The number of carboxylic acids is 1. The number of carbonyl (C=O) groups excluding carboxylic acids is 1. The molecule has 0 aliphatic heterocycles. The Labute approximate surface area is 114 Å². The van der Waals surface area contributed by atoms with Crippen molar-refractivity contribution in [1.29, 1.82) is 0 Å². The van der Waals surface area contributed by atoms with Crippen LogP contribution in [0.25, 0.3) is 0 Å². The Bertz CT molecular complexity index is 587. The van der Waals surface area contributed by atoms with Gasteiger partial charge in [0.25, 0.3) is 0 Å². The third kappa shape index (κ3) is 4.86. The van der Waals surface area contributed by atoms with Gasteiger partial charge in [-0.25, -0.2) is 13.1 Å². The number of benzene rings is 1. The fourth-order valence-electron chi connectivity index (χ4n) is 1.14. The number of carboxylic acid groups (broad SMARTS) is 1. The second kappa shape index (κ2) is 6.50. The zero-order valence-electron chi connectivity index (χ0n) is 9.59. The normalized spacial score (nSPS) is 11.0. The molecule has 0 aliphatic carbocycles. The van der Waals surface area contributed by atoms with Crippen LogP contribution in [0.5, 0.6) is 0 Å². The predicted molar refractivity (Wildman–Crippen MR) is 67.3 cm³/mol. The highest BCUT2D eigenvalue weighted by Crippen LogP contribution is 2.19. The second-order valence-electron chi connectivity index (χ2n) is 3.43. The minimum atomic E-state index is -3.91. The third-order valence-electron chi connectivity index (χ3n) is 1.99. The van der Waals surface area contributed by atoms with Gasteiger partial charge in [0.15, 0.2) is 0 Å². The van der Waals surface area contributed by atoms with Crippen molar-refractivity contribution >= 4 is 33.5 Å². The Balaban J connectivity index is 2.64. The summed E-state index contributed by atoms with van der Waals surface area (Å²) in [5.74, 6) is -1.97. The van der Waals surface area contributed by atoms with Crippen LogP contribution in [-0.2, 0) is 19.6 Å². The van der Waals surface area contributed by atoms with Crippen molar-refractivity contribution in [1.82, 2.24) is 10.0 Å². The first kappa shape index (κ1) is 15.4. The van der Waals surface area contributed by atoms with Gasteiger partial charge in [-0.2, -0.15) is 0 Å². The molecule has 7 nitrogen and oxygen atoms in total. The average Bonchev–Trinajstić information content (AvgIpc) is 2.34. The van der Waals surface area contributed by atoms with E-state index in [4.69, 9.17) is 16.7 Å².